The van der Waals surface area contributed by atoms with Crippen molar-refractivity contribution in [1.82, 2.24) is 10.2 Å². The molecule has 3 aromatic carbocycles. The van der Waals surface area contributed by atoms with Crippen molar-refractivity contribution in [1.29, 1.82) is 0 Å². The highest BCUT2D eigenvalue weighted by atomic mass is 79.9. The molecule has 0 heterocycles. The number of nitrogens with one attached hydrogen (secondary N) is 1. The first-order valence-electron chi connectivity index (χ1n) is 11.1. The van der Waals surface area contributed by atoms with Crippen molar-refractivity contribution in [3.8, 4) is 5.75 Å². The van der Waals surface area contributed by atoms with Crippen LogP contribution in [0, 0.1) is 5.82 Å². The van der Waals surface area contributed by atoms with Crippen LogP contribution in [0.5, 0.6) is 5.75 Å². The molecule has 0 aromatic heterocycles. The van der Waals surface area contributed by atoms with Gasteiger partial charge in [0, 0.05) is 23.5 Å². The Bertz CT molecular complexity index is 1090. The number of carbonyl (C=O) groups is 2. The Morgan fingerprint density at radius 2 is 1.65 bits per heavy atom. The first kappa shape index (κ1) is 25.4. The summed E-state index contributed by atoms with van der Waals surface area (Å²) in [5, 5.41) is 2.95. The molecule has 1 atom stereocenters. The minimum Gasteiger partial charge on any atom is -0.484 e. The molecule has 0 aliphatic heterocycles. The zero-order chi connectivity index (χ0) is 24.5. The molecule has 2 amide bonds. The van der Waals surface area contributed by atoms with E-state index in [1.54, 1.807) is 4.90 Å². The van der Waals surface area contributed by atoms with Crippen LogP contribution >= 0.6 is 15.9 Å². The summed E-state index contributed by atoms with van der Waals surface area (Å²) < 4.78 is 19.7. The number of hydrogen-bond acceptors (Lipinski definition) is 3. The van der Waals surface area contributed by atoms with E-state index in [0.717, 1.165) is 15.6 Å². The average Bonchev–Trinajstić information content (AvgIpc) is 2.81. The number of amides is 2. The smallest absolute Gasteiger partial charge is 0.261 e. The summed E-state index contributed by atoms with van der Waals surface area (Å²) in [6.45, 7) is 3.72. The predicted octanol–water partition coefficient (Wildman–Crippen LogP) is 5.13. The van der Waals surface area contributed by atoms with Crippen molar-refractivity contribution < 1.29 is 18.7 Å². The Morgan fingerprint density at radius 1 is 0.971 bits per heavy atom. The van der Waals surface area contributed by atoms with Gasteiger partial charge in [0.2, 0.25) is 5.91 Å². The van der Waals surface area contributed by atoms with Crippen LogP contribution in [0.3, 0.4) is 0 Å². The molecule has 7 heteroatoms. The number of rotatable bonds is 10. The van der Waals surface area contributed by atoms with Crippen molar-refractivity contribution in [3.05, 3.63) is 100 Å². The van der Waals surface area contributed by atoms with Gasteiger partial charge in [0.25, 0.3) is 5.91 Å². The maximum atomic E-state index is 13.4. The van der Waals surface area contributed by atoms with Crippen LogP contribution in [0.25, 0.3) is 0 Å². The normalized spacial score (nSPS) is 11.7. The van der Waals surface area contributed by atoms with E-state index in [2.05, 4.69) is 21.2 Å². The van der Waals surface area contributed by atoms with E-state index >= 15 is 0 Å². The molecular weight excluding hydrogens is 499 g/mol. The molecule has 0 bridgehead atoms. The van der Waals surface area contributed by atoms with Crippen LogP contribution in [0.2, 0.25) is 0 Å². The molecule has 34 heavy (non-hydrogen) atoms. The lowest BCUT2D eigenvalue weighted by molar-refractivity contribution is -0.143. The third kappa shape index (κ3) is 7.70. The quantitative estimate of drug-likeness (QED) is 0.398. The van der Waals surface area contributed by atoms with Crippen LogP contribution in [0.1, 0.15) is 25.0 Å². The Morgan fingerprint density at radius 3 is 2.29 bits per heavy atom. The highest BCUT2D eigenvalue weighted by Gasteiger charge is 2.31. The monoisotopic (exact) mass is 526 g/mol. The first-order valence-corrected chi connectivity index (χ1v) is 11.9. The number of hydrogen-bond donors (Lipinski definition) is 1. The molecule has 0 aliphatic rings. The minimum absolute atomic E-state index is 0.0796. The topological polar surface area (TPSA) is 58.6 Å². The maximum Gasteiger partial charge on any atom is 0.261 e. The predicted molar refractivity (Wildman–Crippen MR) is 134 cm³/mol. The van der Waals surface area contributed by atoms with Gasteiger partial charge in [0.1, 0.15) is 17.6 Å². The van der Waals surface area contributed by atoms with E-state index < -0.39 is 6.04 Å². The van der Waals surface area contributed by atoms with Gasteiger partial charge in [0.05, 0.1) is 0 Å². The molecule has 3 aromatic rings. The zero-order valence-electron chi connectivity index (χ0n) is 19.2. The van der Waals surface area contributed by atoms with Gasteiger partial charge in [-0.1, -0.05) is 58.4 Å². The van der Waals surface area contributed by atoms with Crippen molar-refractivity contribution in [2.24, 2.45) is 0 Å². The summed E-state index contributed by atoms with van der Waals surface area (Å²) in [6.07, 6.45) is 0.357. The molecule has 0 unspecified atom stereocenters. The standard InChI is InChI=1S/C27H28BrFN2O3/c1-19(2)30-27(33)25(16-20-7-4-3-5-8-20)31(17-21-9-6-10-22(28)15-21)26(32)18-34-24-13-11-23(29)12-14-24/h3-15,19,25H,16-18H2,1-2H3,(H,30,33)/t25-/m0/s1. The fraction of sp³-hybridized carbons (Fsp3) is 0.259. The van der Waals surface area contributed by atoms with Crippen LogP contribution < -0.4 is 10.1 Å². The Balaban J connectivity index is 1.90. The summed E-state index contributed by atoms with van der Waals surface area (Å²) in [6, 6.07) is 21.9. The van der Waals surface area contributed by atoms with Crippen molar-refractivity contribution in [2.45, 2.75) is 38.9 Å². The summed E-state index contributed by atoms with van der Waals surface area (Å²) in [4.78, 5) is 28.3. The van der Waals surface area contributed by atoms with Crippen molar-refractivity contribution in [3.63, 3.8) is 0 Å². The second-order valence-electron chi connectivity index (χ2n) is 8.26. The molecule has 0 fully saturated rings. The van der Waals surface area contributed by atoms with Crippen molar-refractivity contribution >= 4 is 27.7 Å². The molecule has 1 N–H and O–H groups in total. The molecular formula is C27H28BrFN2O3. The SMILES string of the molecule is CC(C)NC(=O)[C@H](Cc1ccccc1)N(Cc1cccc(Br)c1)C(=O)COc1ccc(F)cc1. The minimum atomic E-state index is -0.743. The zero-order valence-corrected chi connectivity index (χ0v) is 20.8. The van der Waals surface area contributed by atoms with Gasteiger partial charge in [-0.05, 0) is 61.4 Å². The van der Waals surface area contributed by atoms with Crippen LogP contribution in [0.4, 0.5) is 4.39 Å². The van der Waals surface area contributed by atoms with Gasteiger partial charge in [-0.25, -0.2) is 4.39 Å². The lowest BCUT2D eigenvalue weighted by Gasteiger charge is -2.32. The van der Waals surface area contributed by atoms with E-state index in [1.165, 1.54) is 24.3 Å². The third-order valence-corrected chi connectivity index (χ3v) is 5.61. The highest BCUT2D eigenvalue weighted by molar-refractivity contribution is 9.10. The fourth-order valence-corrected chi connectivity index (χ4v) is 3.97. The Labute approximate surface area is 208 Å². The average molecular weight is 527 g/mol. The van der Waals surface area contributed by atoms with E-state index in [9.17, 15) is 14.0 Å². The molecule has 0 radical (unpaired) electrons. The summed E-state index contributed by atoms with van der Waals surface area (Å²) in [5.74, 6) is -0.584. The molecule has 3 rings (SSSR count). The fourth-order valence-electron chi connectivity index (χ4n) is 3.53. The van der Waals surface area contributed by atoms with E-state index in [-0.39, 0.29) is 36.8 Å². The van der Waals surface area contributed by atoms with Gasteiger partial charge >= 0.3 is 0 Å². The van der Waals surface area contributed by atoms with E-state index in [4.69, 9.17) is 4.74 Å². The summed E-state index contributed by atoms with van der Waals surface area (Å²) >= 11 is 3.47. The molecule has 0 saturated heterocycles. The lowest BCUT2D eigenvalue weighted by Crippen LogP contribution is -2.52. The summed E-state index contributed by atoms with van der Waals surface area (Å²) in [7, 11) is 0. The third-order valence-electron chi connectivity index (χ3n) is 5.12. The van der Waals surface area contributed by atoms with Gasteiger partial charge in [0.15, 0.2) is 6.61 Å². The van der Waals surface area contributed by atoms with Gasteiger partial charge in [-0.2, -0.15) is 0 Å². The number of carbonyl (C=O) groups excluding carboxylic acids is 2. The van der Waals surface area contributed by atoms with Gasteiger partial charge in [-0.3, -0.25) is 9.59 Å². The molecule has 0 aliphatic carbocycles. The van der Waals surface area contributed by atoms with Gasteiger partial charge in [-0.15, -0.1) is 0 Å². The maximum absolute atomic E-state index is 13.4. The largest absolute Gasteiger partial charge is 0.484 e. The van der Waals surface area contributed by atoms with Crippen LogP contribution in [-0.4, -0.2) is 35.4 Å². The van der Waals surface area contributed by atoms with Crippen molar-refractivity contribution in [2.75, 3.05) is 6.61 Å². The van der Waals surface area contributed by atoms with Crippen LogP contribution in [0.15, 0.2) is 83.3 Å². The van der Waals surface area contributed by atoms with Crippen LogP contribution in [-0.2, 0) is 22.6 Å². The molecule has 0 spiro atoms. The lowest BCUT2D eigenvalue weighted by atomic mass is 10.0. The molecule has 0 saturated carbocycles. The first-order chi connectivity index (χ1) is 16.3. The van der Waals surface area contributed by atoms with E-state index in [1.807, 2.05) is 68.4 Å². The molecule has 178 valence electrons. The second-order valence-corrected chi connectivity index (χ2v) is 9.18. The molecule has 5 nitrogen and oxygen atoms in total. The number of halogens is 2. The van der Waals surface area contributed by atoms with E-state index in [0.29, 0.717) is 12.2 Å². The van der Waals surface area contributed by atoms with Gasteiger partial charge < -0.3 is 15.0 Å². The second kappa shape index (κ2) is 12.3. The number of ether oxygens (including phenoxy) is 1. The number of nitrogens with zero attached hydrogens (tertiary/aromatic N) is 1. The Hall–Kier alpha value is -3.19. The summed E-state index contributed by atoms with van der Waals surface area (Å²) in [5.41, 5.74) is 1.82. The number of benzene rings is 3. The highest BCUT2D eigenvalue weighted by Crippen LogP contribution is 2.19. The Kier molecular flexibility index (Phi) is 9.22.